The highest BCUT2D eigenvalue weighted by Crippen LogP contribution is 2.34. The van der Waals surface area contributed by atoms with Gasteiger partial charge in [-0.2, -0.15) is 0 Å². The average molecular weight is 625 g/mol. The average Bonchev–Trinajstić information content (AvgIpc) is 2.89. The van der Waals surface area contributed by atoms with Gasteiger partial charge in [0.1, 0.15) is 12.6 Å². The van der Waals surface area contributed by atoms with E-state index < -0.39 is 28.5 Å². The standard InChI is InChI=1S/C29H32Cl3N3O4S/c1-20(2)17-33-29(37)26(16-21-9-5-4-6-10-21)34(18-22-11-7-12-23(30)15-22)27(36)19-35(40(3,38)39)25-14-8-13-24(31)28(25)32/h4-15,20,26H,16-19H2,1-3H3,(H,33,37)/t26-/m1/s1. The summed E-state index contributed by atoms with van der Waals surface area (Å²) in [6.07, 6.45) is 1.20. The van der Waals surface area contributed by atoms with Crippen LogP contribution in [0.3, 0.4) is 0 Å². The van der Waals surface area contributed by atoms with Gasteiger partial charge in [0.05, 0.1) is 22.0 Å². The summed E-state index contributed by atoms with van der Waals surface area (Å²) >= 11 is 18.7. The number of hydrogen-bond donors (Lipinski definition) is 1. The maximum Gasteiger partial charge on any atom is 0.244 e. The smallest absolute Gasteiger partial charge is 0.244 e. The van der Waals surface area contributed by atoms with E-state index in [9.17, 15) is 18.0 Å². The van der Waals surface area contributed by atoms with Crippen molar-refractivity contribution in [2.24, 2.45) is 5.92 Å². The maximum atomic E-state index is 14.1. The molecule has 0 aliphatic heterocycles. The number of rotatable bonds is 12. The Morgan fingerprint density at radius 3 is 2.17 bits per heavy atom. The topological polar surface area (TPSA) is 86.8 Å². The van der Waals surface area contributed by atoms with Crippen molar-refractivity contribution in [3.05, 3.63) is 99.0 Å². The van der Waals surface area contributed by atoms with Crippen LogP contribution in [0.2, 0.25) is 15.1 Å². The van der Waals surface area contributed by atoms with Crippen LogP contribution in [0.1, 0.15) is 25.0 Å². The number of amides is 2. The number of sulfonamides is 1. The normalized spacial score (nSPS) is 12.2. The van der Waals surface area contributed by atoms with Gasteiger partial charge in [0.2, 0.25) is 21.8 Å². The van der Waals surface area contributed by atoms with E-state index >= 15 is 0 Å². The molecule has 214 valence electrons. The quantitative estimate of drug-likeness (QED) is 0.275. The highest BCUT2D eigenvalue weighted by Gasteiger charge is 2.33. The number of nitrogens with zero attached hydrogens (tertiary/aromatic N) is 2. The van der Waals surface area contributed by atoms with Gasteiger partial charge in [-0.05, 0) is 41.3 Å². The van der Waals surface area contributed by atoms with Gasteiger partial charge >= 0.3 is 0 Å². The molecule has 2 amide bonds. The molecule has 1 N–H and O–H groups in total. The van der Waals surface area contributed by atoms with E-state index in [0.717, 1.165) is 16.1 Å². The molecule has 0 saturated carbocycles. The molecule has 0 spiro atoms. The number of carbonyl (C=O) groups excluding carboxylic acids is 2. The molecule has 3 aromatic rings. The fourth-order valence-corrected chi connectivity index (χ4v) is 5.60. The molecule has 3 rings (SSSR count). The molecule has 1 atom stereocenters. The van der Waals surface area contributed by atoms with Gasteiger partial charge in [-0.3, -0.25) is 13.9 Å². The largest absolute Gasteiger partial charge is 0.354 e. The van der Waals surface area contributed by atoms with Crippen LogP contribution in [0.25, 0.3) is 0 Å². The van der Waals surface area contributed by atoms with Crippen molar-refractivity contribution < 1.29 is 18.0 Å². The SMILES string of the molecule is CC(C)CNC(=O)[C@@H](Cc1ccccc1)N(Cc1cccc(Cl)c1)C(=O)CN(c1cccc(Cl)c1Cl)S(C)(=O)=O. The molecule has 0 aliphatic rings. The van der Waals surface area contributed by atoms with Crippen molar-refractivity contribution in [1.29, 1.82) is 0 Å². The molecular formula is C29H32Cl3N3O4S. The van der Waals surface area contributed by atoms with Gasteiger partial charge in [-0.25, -0.2) is 8.42 Å². The Morgan fingerprint density at radius 2 is 1.55 bits per heavy atom. The second-order valence-electron chi connectivity index (χ2n) is 9.84. The lowest BCUT2D eigenvalue weighted by molar-refractivity contribution is -0.140. The molecule has 0 unspecified atom stereocenters. The highest BCUT2D eigenvalue weighted by molar-refractivity contribution is 7.92. The van der Waals surface area contributed by atoms with Crippen LogP contribution in [0.5, 0.6) is 0 Å². The van der Waals surface area contributed by atoms with Gasteiger partial charge < -0.3 is 10.2 Å². The summed E-state index contributed by atoms with van der Waals surface area (Å²) in [7, 11) is -3.97. The Bertz CT molecular complexity index is 1440. The molecule has 0 aromatic heterocycles. The van der Waals surface area contributed by atoms with Gasteiger partial charge in [0.15, 0.2) is 0 Å². The van der Waals surface area contributed by atoms with Crippen LogP contribution in [0.4, 0.5) is 5.69 Å². The zero-order valence-corrected chi connectivity index (χ0v) is 25.6. The van der Waals surface area contributed by atoms with Gasteiger partial charge in [-0.15, -0.1) is 0 Å². The summed E-state index contributed by atoms with van der Waals surface area (Å²) in [6, 6.07) is 19.9. The second-order valence-corrected chi connectivity index (χ2v) is 13.0. The lowest BCUT2D eigenvalue weighted by atomic mass is 10.0. The molecule has 0 bridgehead atoms. The minimum Gasteiger partial charge on any atom is -0.354 e. The van der Waals surface area contributed by atoms with Gasteiger partial charge in [0, 0.05) is 24.5 Å². The summed E-state index contributed by atoms with van der Waals surface area (Å²) in [4.78, 5) is 29.1. The number of halogens is 3. The van der Waals surface area contributed by atoms with E-state index in [-0.39, 0.29) is 40.5 Å². The third-order valence-electron chi connectivity index (χ3n) is 6.08. The van der Waals surface area contributed by atoms with Crippen molar-refractivity contribution in [2.75, 3.05) is 23.7 Å². The fourth-order valence-electron chi connectivity index (χ4n) is 4.09. The monoisotopic (exact) mass is 623 g/mol. The maximum absolute atomic E-state index is 14.1. The van der Waals surface area contributed by atoms with Crippen LogP contribution < -0.4 is 9.62 Å². The van der Waals surface area contributed by atoms with Crippen LogP contribution >= 0.6 is 34.8 Å². The van der Waals surface area contributed by atoms with Gasteiger partial charge in [-0.1, -0.05) is 97.2 Å². The number of benzene rings is 3. The van der Waals surface area contributed by atoms with E-state index in [1.807, 2.05) is 44.2 Å². The Labute approximate surface area is 251 Å². The minimum atomic E-state index is -3.97. The molecule has 0 aliphatic carbocycles. The van der Waals surface area contributed by atoms with Crippen molar-refractivity contribution >= 4 is 62.3 Å². The summed E-state index contributed by atoms with van der Waals surface area (Å²) in [6.45, 7) is 3.78. The molecule has 3 aromatic carbocycles. The number of nitrogens with one attached hydrogen (secondary N) is 1. The van der Waals surface area contributed by atoms with Crippen LogP contribution in [0.15, 0.2) is 72.8 Å². The highest BCUT2D eigenvalue weighted by atomic mass is 35.5. The van der Waals surface area contributed by atoms with Gasteiger partial charge in [0.25, 0.3) is 0 Å². The molecule has 7 nitrogen and oxygen atoms in total. The van der Waals surface area contributed by atoms with Crippen LogP contribution in [0, 0.1) is 5.92 Å². The van der Waals surface area contributed by atoms with Crippen molar-refractivity contribution in [1.82, 2.24) is 10.2 Å². The predicted molar refractivity (Wildman–Crippen MR) is 162 cm³/mol. The minimum absolute atomic E-state index is 0.000653. The number of anilines is 1. The zero-order chi connectivity index (χ0) is 29.4. The van der Waals surface area contributed by atoms with E-state index in [1.54, 1.807) is 30.3 Å². The zero-order valence-electron chi connectivity index (χ0n) is 22.5. The first-order valence-electron chi connectivity index (χ1n) is 12.6. The third kappa shape index (κ3) is 8.86. The predicted octanol–water partition coefficient (Wildman–Crippen LogP) is 5.83. The molecule has 11 heteroatoms. The summed E-state index contributed by atoms with van der Waals surface area (Å²) in [5.74, 6) is -0.759. The van der Waals surface area contributed by atoms with Crippen molar-refractivity contribution in [2.45, 2.75) is 32.9 Å². The Balaban J connectivity index is 2.07. The first-order chi connectivity index (χ1) is 18.9. The Hall–Kier alpha value is -2.78. The lowest BCUT2D eigenvalue weighted by Gasteiger charge is -2.34. The molecule has 0 radical (unpaired) electrons. The molecule has 40 heavy (non-hydrogen) atoms. The lowest BCUT2D eigenvalue weighted by Crippen LogP contribution is -2.53. The van der Waals surface area contributed by atoms with Crippen LogP contribution in [-0.4, -0.2) is 50.5 Å². The summed E-state index contributed by atoms with van der Waals surface area (Å²) < 4.78 is 26.7. The van der Waals surface area contributed by atoms with Crippen molar-refractivity contribution in [3.8, 4) is 0 Å². The Kier molecular flexibility index (Phi) is 11.3. The number of carbonyl (C=O) groups is 2. The molecule has 0 fully saturated rings. The second kappa shape index (κ2) is 14.2. The molecule has 0 heterocycles. The van der Waals surface area contributed by atoms with E-state index in [0.29, 0.717) is 17.1 Å². The summed E-state index contributed by atoms with van der Waals surface area (Å²) in [5, 5.41) is 3.55. The fraction of sp³-hybridized carbons (Fsp3) is 0.310. The molecular weight excluding hydrogens is 593 g/mol. The van der Waals surface area contributed by atoms with E-state index in [1.165, 1.54) is 17.0 Å². The van der Waals surface area contributed by atoms with Crippen molar-refractivity contribution in [3.63, 3.8) is 0 Å². The van der Waals surface area contributed by atoms with Crippen LogP contribution in [-0.2, 0) is 32.6 Å². The number of hydrogen-bond acceptors (Lipinski definition) is 4. The summed E-state index contributed by atoms with van der Waals surface area (Å²) in [5.41, 5.74) is 1.59. The first-order valence-corrected chi connectivity index (χ1v) is 15.6. The van der Waals surface area contributed by atoms with E-state index in [2.05, 4.69) is 5.32 Å². The Morgan fingerprint density at radius 1 is 0.900 bits per heavy atom. The van der Waals surface area contributed by atoms with E-state index in [4.69, 9.17) is 34.8 Å². The first kappa shape index (κ1) is 31.7. The molecule has 0 saturated heterocycles. The third-order valence-corrected chi connectivity index (χ3v) is 8.25.